The van der Waals surface area contributed by atoms with Gasteiger partial charge in [0.25, 0.3) is 0 Å². The molecular weight excluding hydrogens is 191 g/mol. The van der Waals surface area contributed by atoms with Crippen LogP contribution in [-0.2, 0) is 6.42 Å². The number of nitrogens with zero attached hydrogens (tertiary/aromatic N) is 1. The average Bonchev–Trinajstić information content (AvgIpc) is 2.68. The predicted molar refractivity (Wildman–Crippen MR) is 55.5 cm³/mol. The Bertz CT molecular complexity index is 491. The summed E-state index contributed by atoms with van der Waals surface area (Å²) >= 11 is 0. The largest absolute Gasteiger partial charge is 0.361 e. The highest BCUT2D eigenvalue weighted by Crippen LogP contribution is 2.19. The van der Waals surface area contributed by atoms with Gasteiger partial charge in [-0.05, 0) is 41.5 Å². The van der Waals surface area contributed by atoms with Crippen molar-refractivity contribution in [2.24, 2.45) is 0 Å². The Hall–Kier alpha value is -2.08. The number of halogens is 1. The van der Waals surface area contributed by atoms with Crippen molar-refractivity contribution in [2.45, 2.75) is 6.42 Å². The molecule has 1 N–H and O–H groups in total. The maximum atomic E-state index is 12.7. The van der Waals surface area contributed by atoms with Crippen molar-refractivity contribution in [1.82, 2.24) is 4.98 Å². The van der Waals surface area contributed by atoms with Gasteiger partial charge in [-0.2, -0.15) is 5.26 Å². The van der Waals surface area contributed by atoms with Crippen molar-refractivity contribution in [3.05, 3.63) is 47.9 Å². The molecule has 0 spiro atoms. The minimum absolute atomic E-state index is 0.248. The number of nitrogens with one attached hydrogen (secondary N) is 1. The molecule has 1 heterocycles. The van der Waals surface area contributed by atoms with Gasteiger partial charge in [-0.15, -0.1) is 0 Å². The quantitative estimate of drug-likeness (QED) is 0.795. The number of rotatable bonds is 2. The predicted octanol–water partition coefficient (Wildman–Crippen LogP) is 2.89. The summed E-state index contributed by atoms with van der Waals surface area (Å²) in [5, 5.41) is 8.52. The van der Waals surface area contributed by atoms with E-state index in [1.807, 2.05) is 6.07 Å². The van der Waals surface area contributed by atoms with E-state index in [0.29, 0.717) is 6.42 Å². The molecule has 0 fully saturated rings. The highest BCUT2D eigenvalue weighted by molar-refractivity contribution is 5.60. The van der Waals surface area contributed by atoms with E-state index in [-0.39, 0.29) is 5.82 Å². The van der Waals surface area contributed by atoms with Crippen LogP contribution < -0.4 is 0 Å². The lowest BCUT2D eigenvalue weighted by molar-refractivity contribution is 0.628. The van der Waals surface area contributed by atoms with Crippen LogP contribution >= 0.6 is 0 Å². The SMILES string of the molecule is N#CCc1c[nH]c(-c2ccc(F)cc2)c1. The van der Waals surface area contributed by atoms with Crippen molar-refractivity contribution in [3.63, 3.8) is 0 Å². The fourth-order valence-corrected chi connectivity index (χ4v) is 1.43. The number of hydrogen-bond acceptors (Lipinski definition) is 1. The van der Waals surface area contributed by atoms with E-state index in [0.717, 1.165) is 16.8 Å². The molecular formula is C12H9FN2. The Kier molecular flexibility index (Phi) is 2.51. The molecule has 0 bridgehead atoms. The summed E-state index contributed by atoms with van der Waals surface area (Å²) < 4.78 is 12.7. The van der Waals surface area contributed by atoms with E-state index in [4.69, 9.17) is 5.26 Å². The third-order valence-corrected chi connectivity index (χ3v) is 2.18. The van der Waals surface area contributed by atoms with Crippen molar-refractivity contribution in [3.8, 4) is 17.3 Å². The Balaban J connectivity index is 2.30. The summed E-state index contributed by atoms with van der Waals surface area (Å²) in [6.07, 6.45) is 2.18. The monoisotopic (exact) mass is 200 g/mol. The van der Waals surface area contributed by atoms with Crippen LogP contribution in [0.3, 0.4) is 0 Å². The molecule has 0 unspecified atom stereocenters. The zero-order chi connectivity index (χ0) is 10.7. The molecule has 2 nitrogen and oxygen atoms in total. The van der Waals surface area contributed by atoms with Crippen molar-refractivity contribution >= 4 is 0 Å². The minimum Gasteiger partial charge on any atom is -0.361 e. The zero-order valence-electron chi connectivity index (χ0n) is 8.00. The fourth-order valence-electron chi connectivity index (χ4n) is 1.43. The molecule has 3 heteroatoms. The topological polar surface area (TPSA) is 39.6 Å². The Labute approximate surface area is 87.0 Å². The minimum atomic E-state index is -0.248. The van der Waals surface area contributed by atoms with Crippen molar-refractivity contribution in [2.75, 3.05) is 0 Å². The lowest BCUT2D eigenvalue weighted by Crippen LogP contribution is -1.77. The van der Waals surface area contributed by atoms with E-state index in [1.165, 1.54) is 12.1 Å². The lowest BCUT2D eigenvalue weighted by atomic mass is 10.1. The van der Waals surface area contributed by atoms with Crippen LogP contribution in [-0.4, -0.2) is 4.98 Å². The molecule has 15 heavy (non-hydrogen) atoms. The molecule has 0 atom stereocenters. The first-order valence-electron chi connectivity index (χ1n) is 4.60. The van der Waals surface area contributed by atoms with Gasteiger partial charge < -0.3 is 4.98 Å². The summed E-state index contributed by atoms with van der Waals surface area (Å²) in [6.45, 7) is 0. The number of aromatic nitrogens is 1. The Morgan fingerprint density at radius 2 is 2.00 bits per heavy atom. The molecule has 74 valence electrons. The number of aromatic amines is 1. The summed E-state index contributed by atoms with van der Waals surface area (Å²) in [4.78, 5) is 3.05. The van der Waals surface area contributed by atoms with E-state index in [1.54, 1.807) is 18.3 Å². The van der Waals surface area contributed by atoms with Crippen LogP contribution in [0, 0.1) is 17.1 Å². The van der Waals surface area contributed by atoms with Crippen LogP contribution in [0.5, 0.6) is 0 Å². The molecule has 0 amide bonds. The van der Waals surface area contributed by atoms with Gasteiger partial charge in [0, 0.05) is 11.9 Å². The highest BCUT2D eigenvalue weighted by atomic mass is 19.1. The second kappa shape index (κ2) is 3.97. The molecule has 2 aromatic rings. The summed E-state index contributed by atoms with van der Waals surface area (Å²) in [5.74, 6) is -0.248. The van der Waals surface area contributed by atoms with Gasteiger partial charge in [0.2, 0.25) is 0 Å². The highest BCUT2D eigenvalue weighted by Gasteiger charge is 2.01. The maximum absolute atomic E-state index is 12.7. The number of benzene rings is 1. The number of H-pyrrole nitrogens is 1. The molecule has 0 aliphatic heterocycles. The summed E-state index contributed by atoms with van der Waals surface area (Å²) in [6, 6.07) is 10.2. The molecule has 0 aliphatic rings. The Morgan fingerprint density at radius 3 is 2.67 bits per heavy atom. The lowest BCUT2D eigenvalue weighted by Gasteiger charge is -1.96. The summed E-state index contributed by atoms with van der Waals surface area (Å²) in [7, 11) is 0. The zero-order valence-corrected chi connectivity index (χ0v) is 8.00. The molecule has 2 rings (SSSR count). The van der Waals surface area contributed by atoms with Gasteiger partial charge in [-0.1, -0.05) is 0 Å². The summed E-state index contributed by atoms with van der Waals surface area (Å²) in [5.41, 5.74) is 2.76. The van der Waals surface area contributed by atoms with Gasteiger partial charge in [0.05, 0.1) is 12.5 Å². The average molecular weight is 200 g/mol. The second-order valence-electron chi connectivity index (χ2n) is 3.26. The smallest absolute Gasteiger partial charge is 0.123 e. The van der Waals surface area contributed by atoms with Crippen LogP contribution in [0.4, 0.5) is 4.39 Å². The first-order valence-corrected chi connectivity index (χ1v) is 4.60. The van der Waals surface area contributed by atoms with E-state index < -0.39 is 0 Å². The third kappa shape index (κ3) is 2.05. The van der Waals surface area contributed by atoms with Gasteiger partial charge in [0.15, 0.2) is 0 Å². The molecule has 0 saturated heterocycles. The van der Waals surface area contributed by atoms with Crippen LogP contribution in [0.25, 0.3) is 11.3 Å². The Morgan fingerprint density at radius 1 is 1.27 bits per heavy atom. The first-order chi connectivity index (χ1) is 7.29. The first kappa shape index (κ1) is 9.47. The van der Waals surface area contributed by atoms with Crippen LogP contribution in [0.2, 0.25) is 0 Å². The van der Waals surface area contributed by atoms with E-state index in [2.05, 4.69) is 11.1 Å². The van der Waals surface area contributed by atoms with Crippen LogP contribution in [0.1, 0.15) is 5.56 Å². The standard InChI is InChI=1S/C12H9FN2/c13-11-3-1-10(2-4-11)12-7-9(5-6-14)8-15-12/h1-4,7-8,15H,5H2. The fraction of sp³-hybridized carbons (Fsp3) is 0.0833. The molecule has 1 aromatic heterocycles. The molecule has 0 aliphatic carbocycles. The van der Waals surface area contributed by atoms with Crippen molar-refractivity contribution < 1.29 is 4.39 Å². The third-order valence-electron chi connectivity index (χ3n) is 2.18. The van der Waals surface area contributed by atoms with Crippen LogP contribution in [0.15, 0.2) is 36.5 Å². The van der Waals surface area contributed by atoms with Gasteiger partial charge >= 0.3 is 0 Å². The number of nitriles is 1. The normalized spacial score (nSPS) is 9.87. The molecule has 1 aromatic carbocycles. The maximum Gasteiger partial charge on any atom is 0.123 e. The number of hydrogen-bond donors (Lipinski definition) is 1. The van der Waals surface area contributed by atoms with E-state index >= 15 is 0 Å². The molecule has 0 radical (unpaired) electrons. The van der Waals surface area contributed by atoms with Gasteiger partial charge in [-0.3, -0.25) is 0 Å². The van der Waals surface area contributed by atoms with Crippen molar-refractivity contribution in [1.29, 1.82) is 5.26 Å². The molecule has 0 saturated carbocycles. The van der Waals surface area contributed by atoms with E-state index in [9.17, 15) is 4.39 Å². The van der Waals surface area contributed by atoms with Gasteiger partial charge in [0.1, 0.15) is 5.82 Å². The van der Waals surface area contributed by atoms with Gasteiger partial charge in [-0.25, -0.2) is 4.39 Å². The second-order valence-corrected chi connectivity index (χ2v) is 3.26.